The molecular weight excluding hydrogens is 252 g/mol. The van der Waals surface area contributed by atoms with E-state index in [4.69, 9.17) is 4.74 Å². The minimum atomic E-state index is -0.969. The number of carbonyl (C=O) groups is 1. The Labute approximate surface area is 117 Å². The zero-order valence-electron chi connectivity index (χ0n) is 11.0. The third-order valence-corrected chi connectivity index (χ3v) is 6.07. The van der Waals surface area contributed by atoms with Gasteiger partial charge in [-0.2, -0.15) is 0 Å². The van der Waals surface area contributed by atoms with Crippen molar-refractivity contribution in [3.05, 3.63) is 48.0 Å². The molecule has 1 heterocycles. The van der Waals surface area contributed by atoms with Crippen molar-refractivity contribution in [2.75, 3.05) is 0 Å². The Bertz CT molecular complexity index is 637. The van der Waals surface area contributed by atoms with Gasteiger partial charge in [-0.1, -0.05) is 42.5 Å². The molecule has 3 nitrogen and oxygen atoms in total. The minimum absolute atomic E-state index is 0.162. The summed E-state index contributed by atoms with van der Waals surface area (Å²) < 4.78 is 6.01. The molecule has 0 radical (unpaired) electrons. The van der Waals surface area contributed by atoms with Crippen LogP contribution in [0.1, 0.15) is 18.4 Å². The third-order valence-electron chi connectivity index (χ3n) is 6.07. The number of hydrogen-bond acceptors (Lipinski definition) is 2. The second kappa shape index (κ2) is 3.17. The van der Waals surface area contributed by atoms with E-state index in [0.717, 1.165) is 18.4 Å². The van der Waals surface area contributed by atoms with Crippen molar-refractivity contribution in [1.82, 2.24) is 0 Å². The highest BCUT2D eigenvalue weighted by Crippen LogP contribution is 2.76. The summed E-state index contributed by atoms with van der Waals surface area (Å²) >= 11 is 0. The molecule has 1 aromatic rings. The van der Waals surface area contributed by atoms with Gasteiger partial charge in [0.25, 0.3) is 0 Å². The highest BCUT2D eigenvalue weighted by atomic mass is 16.7. The van der Waals surface area contributed by atoms with E-state index in [-0.39, 0.29) is 5.92 Å². The van der Waals surface area contributed by atoms with E-state index in [1.54, 1.807) is 0 Å². The van der Waals surface area contributed by atoms with Crippen LogP contribution in [0.25, 0.3) is 0 Å². The Balaban J connectivity index is 1.67. The van der Waals surface area contributed by atoms with Crippen LogP contribution in [-0.4, -0.2) is 16.7 Å². The van der Waals surface area contributed by atoms with Gasteiger partial charge in [0.2, 0.25) is 5.60 Å². The molecule has 1 aliphatic heterocycles. The van der Waals surface area contributed by atoms with E-state index < -0.39 is 17.2 Å². The fourth-order valence-electron chi connectivity index (χ4n) is 5.38. The highest BCUT2D eigenvalue weighted by Gasteiger charge is 2.86. The number of aliphatic carboxylic acids is 1. The average molecular weight is 268 g/mol. The fourth-order valence-corrected chi connectivity index (χ4v) is 5.38. The molecule has 4 aliphatic rings. The maximum atomic E-state index is 12.0. The lowest BCUT2D eigenvalue weighted by molar-refractivity contribution is -0.146. The summed E-state index contributed by atoms with van der Waals surface area (Å²) in [5.41, 5.74) is -0.502. The topological polar surface area (TPSA) is 49.8 Å². The van der Waals surface area contributed by atoms with Crippen LogP contribution in [0.2, 0.25) is 0 Å². The first kappa shape index (κ1) is 11.1. The third kappa shape index (κ3) is 0.966. The molecule has 2 bridgehead atoms. The summed E-state index contributed by atoms with van der Waals surface area (Å²) in [5, 5.41) is 9.87. The lowest BCUT2D eigenvalue weighted by Crippen LogP contribution is -2.38. The van der Waals surface area contributed by atoms with Gasteiger partial charge < -0.3 is 9.84 Å². The van der Waals surface area contributed by atoms with Crippen molar-refractivity contribution in [3.63, 3.8) is 0 Å². The number of hydrogen-bond donors (Lipinski definition) is 1. The number of benzene rings is 1. The van der Waals surface area contributed by atoms with E-state index in [2.05, 4.69) is 12.2 Å². The Morgan fingerprint density at radius 2 is 1.95 bits per heavy atom. The van der Waals surface area contributed by atoms with Crippen molar-refractivity contribution >= 4 is 5.97 Å². The Morgan fingerprint density at radius 3 is 2.70 bits per heavy atom. The average Bonchev–Trinajstić information content (AvgIpc) is 2.83. The van der Waals surface area contributed by atoms with E-state index in [1.165, 1.54) is 0 Å². The van der Waals surface area contributed by atoms with Crippen LogP contribution < -0.4 is 0 Å². The van der Waals surface area contributed by atoms with Crippen LogP contribution >= 0.6 is 0 Å². The molecule has 0 unspecified atom stereocenters. The van der Waals surface area contributed by atoms with Crippen molar-refractivity contribution in [1.29, 1.82) is 0 Å². The number of carboxylic acid groups (broad SMARTS) is 1. The first-order chi connectivity index (χ1) is 9.69. The molecule has 0 spiro atoms. The molecule has 0 amide bonds. The standard InChI is InChI=1S/C17H16O3/c18-15(19)17-14-11-7-6-10(8-11)13(14)9-16(17,20-17)12-4-2-1-3-5-12/h1-7,10-11,13-14H,8-9H2,(H,18,19)/t10-,11+,13+,14+,16-,17+/m1/s1. The smallest absolute Gasteiger partial charge is 0.339 e. The Kier molecular flexibility index (Phi) is 1.76. The van der Waals surface area contributed by atoms with Gasteiger partial charge in [-0.15, -0.1) is 0 Å². The second-order valence-electron chi connectivity index (χ2n) is 6.68. The number of rotatable bonds is 2. The first-order valence-corrected chi connectivity index (χ1v) is 7.36. The van der Waals surface area contributed by atoms with Gasteiger partial charge in [0, 0.05) is 5.92 Å². The number of carboxylic acids is 1. The zero-order chi connectivity index (χ0) is 13.5. The molecular formula is C17H16O3. The normalized spacial score (nSPS) is 50.0. The number of ether oxygens (including phenoxy) is 1. The Hall–Kier alpha value is -1.61. The number of epoxide rings is 1. The maximum absolute atomic E-state index is 12.0. The van der Waals surface area contributed by atoms with E-state index in [0.29, 0.717) is 17.8 Å². The van der Waals surface area contributed by atoms with E-state index in [9.17, 15) is 9.90 Å². The molecule has 20 heavy (non-hydrogen) atoms. The quantitative estimate of drug-likeness (QED) is 0.662. The molecule has 3 heteroatoms. The molecule has 5 rings (SSSR count). The molecule has 1 aromatic carbocycles. The van der Waals surface area contributed by atoms with Gasteiger partial charge in [0.15, 0.2) is 0 Å². The summed E-state index contributed by atoms with van der Waals surface area (Å²) in [6.45, 7) is 0. The van der Waals surface area contributed by atoms with Crippen LogP contribution in [0.5, 0.6) is 0 Å². The molecule has 1 N–H and O–H groups in total. The van der Waals surface area contributed by atoms with Gasteiger partial charge in [-0.25, -0.2) is 4.79 Å². The molecule has 102 valence electrons. The summed E-state index contributed by atoms with van der Waals surface area (Å²) in [4.78, 5) is 12.0. The largest absolute Gasteiger partial charge is 0.479 e. The van der Waals surface area contributed by atoms with Crippen LogP contribution in [0, 0.1) is 23.7 Å². The number of fused-ring (bicyclic) bond motifs is 7. The predicted octanol–water partition coefficient (Wildman–Crippen LogP) is 2.58. The Morgan fingerprint density at radius 1 is 1.20 bits per heavy atom. The maximum Gasteiger partial charge on any atom is 0.339 e. The van der Waals surface area contributed by atoms with Crippen LogP contribution in [0.3, 0.4) is 0 Å². The molecule has 2 saturated carbocycles. The van der Waals surface area contributed by atoms with Gasteiger partial charge in [-0.3, -0.25) is 0 Å². The summed E-state index contributed by atoms with van der Waals surface area (Å²) in [5.74, 6) is 0.840. The van der Waals surface area contributed by atoms with Crippen LogP contribution in [0.4, 0.5) is 0 Å². The van der Waals surface area contributed by atoms with Crippen molar-refractivity contribution in [2.45, 2.75) is 24.0 Å². The van der Waals surface area contributed by atoms with Gasteiger partial charge in [0.1, 0.15) is 5.60 Å². The second-order valence-corrected chi connectivity index (χ2v) is 6.68. The predicted molar refractivity (Wildman–Crippen MR) is 71.9 cm³/mol. The lowest BCUT2D eigenvalue weighted by Gasteiger charge is -2.25. The van der Waals surface area contributed by atoms with Crippen molar-refractivity contribution < 1.29 is 14.6 Å². The number of allylic oxidation sites excluding steroid dienone is 2. The zero-order valence-corrected chi connectivity index (χ0v) is 11.0. The fraction of sp³-hybridized carbons (Fsp3) is 0.471. The molecule has 0 aromatic heterocycles. The SMILES string of the molecule is O=C(O)[C@]12O[C@@]1(c1ccccc1)C[C@@H]1[C@@H]2[C@H]2C=C[C@@H]1C2. The highest BCUT2D eigenvalue weighted by molar-refractivity contribution is 5.85. The van der Waals surface area contributed by atoms with E-state index in [1.807, 2.05) is 30.3 Å². The molecule has 3 aliphatic carbocycles. The first-order valence-electron chi connectivity index (χ1n) is 7.36. The van der Waals surface area contributed by atoms with Gasteiger partial charge in [-0.05, 0) is 36.2 Å². The van der Waals surface area contributed by atoms with Crippen molar-refractivity contribution in [3.8, 4) is 0 Å². The summed E-state index contributed by atoms with van der Waals surface area (Å²) in [6, 6.07) is 9.94. The van der Waals surface area contributed by atoms with Crippen molar-refractivity contribution in [2.24, 2.45) is 23.7 Å². The molecule has 6 atom stereocenters. The monoisotopic (exact) mass is 268 g/mol. The summed E-state index contributed by atoms with van der Waals surface area (Å²) in [6.07, 6.45) is 6.50. The lowest BCUT2D eigenvalue weighted by atomic mass is 9.78. The minimum Gasteiger partial charge on any atom is -0.479 e. The van der Waals surface area contributed by atoms with Gasteiger partial charge in [0.05, 0.1) is 0 Å². The van der Waals surface area contributed by atoms with Crippen LogP contribution in [0.15, 0.2) is 42.5 Å². The molecule has 3 fully saturated rings. The van der Waals surface area contributed by atoms with Gasteiger partial charge >= 0.3 is 5.97 Å². The summed E-state index contributed by atoms with van der Waals surface area (Å²) in [7, 11) is 0. The van der Waals surface area contributed by atoms with E-state index >= 15 is 0 Å². The molecule has 1 saturated heterocycles. The van der Waals surface area contributed by atoms with Crippen LogP contribution in [-0.2, 0) is 15.1 Å².